The number of carbonyl (C=O) groups excluding carboxylic acids is 2. The van der Waals surface area contributed by atoms with Crippen LogP contribution in [-0.4, -0.2) is 11.6 Å². The molecule has 0 aromatic rings. The fourth-order valence-electron chi connectivity index (χ4n) is 6.26. The zero-order valence-electron chi connectivity index (χ0n) is 13.3. The van der Waals surface area contributed by atoms with Crippen molar-refractivity contribution in [1.29, 1.82) is 0 Å². The molecule has 4 aliphatic rings. The number of hydrogen-bond acceptors (Lipinski definition) is 2. The quantitative estimate of drug-likeness (QED) is 0.629. The molecule has 0 aliphatic heterocycles. The van der Waals surface area contributed by atoms with Crippen LogP contribution in [0.4, 0.5) is 0 Å². The zero-order chi connectivity index (χ0) is 14.8. The van der Waals surface area contributed by atoms with E-state index in [9.17, 15) is 9.59 Å². The zero-order valence-corrected chi connectivity index (χ0v) is 13.3. The van der Waals surface area contributed by atoms with E-state index in [1.54, 1.807) is 5.57 Å². The van der Waals surface area contributed by atoms with Crippen LogP contribution in [0.15, 0.2) is 11.1 Å². The molecular weight excluding hydrogens is 260 g/mol. The highest BCUT2D eigenvalue weighted by atomic mass is 16.1. The molecule has 4 aliphatic carbocycles. The minimum Gasteiger partial charge on any atom is -0.299 e. The molecule has 0 saturated heterocycles. The van der Waals surface area contributed by atoms with Gasteiger partial charge in [0.15, 0.2) is 0 Å². The minimum atomic E-state index is -0.0209. The van der Waals surface area contributed by atoms with E-state index in [2.05, 4.69) is 13.8 Å². The Hall–Kier alpha value is -0.920. The highest BCUT2D eigenvalue weighted by Crippen LogP contribution is 2.60. The third-order valence-electron chi connectivity index (χ3n) is 7.21. The molecule has 0 spiro atoms. The fraction of sp³-hybridized carbons (Fsp3) is 0.789. The maximum atomic E-state index is 12.3. The standard InChI is InChI=1S/C19H26O2/c1-11-9-13(20)10-12-3-4-14-15(18(11)12)7-8-19(2)16(14)5-6-17(19)21/h11,14-16H,3-10H2,1-2H3/t11?,14-,15+,16+,19+/m1/s1. The van der Waals surface area contributed by atoms with Gasteiger partial charge in [0, 0.05) is 24.7 Å². The Balaban J connectivity index is 1.70. The Bertz CT molecular complexity index is 544. The Morgan fingerprint density at radius 1 is 1.10 bits per heavy atom. The van der Waals surface area contributed by atoms with Crippen molar-refractivity contribution in [2.24, 2.45) is 29.1 Å². The number of ketones is 2. The lowest BCUT2D eigenvalue weighted by Crippen LogP contribution is -2.45. The molecule has 0 aromatic carbocycles. The molecule has 0 amide bonds. The summed E-state index contributed by atoms with van der Waals surface area (Å²) in [6.45, 7) is 4.49. The number of allylic oxidation sites excluding steroid dienone is 2. The van der Waals surface area contributed by atoms with Crippen LogP contribution >= 0.6 is 0 Å². The monoisotopic (exact) mass is 286 g/mol. The number of rotatable bonds is 0. The molecule has 2 fully saturated rings. The first-order chi connectivity index (χ1) is 10.0. The second-order valence-electron chi connectivity index (χ2n) is 8.21. The van der Waals surface area contributed by atoms with Crippen molar-refractivity contribution in [2.45, 2.75) is 65.2 Å². The van der Waals surface area contributed by atoms with Gasteiger partial charge in [-0.05, 0) is 55.8 Å². The summed E-state index contributed by atoms with van der Waals surface area (Å²) in [5, 5.41) is 0. The number of fused-ring (bicyclic) bond motifs is 4. The maximum absolute atomic E-state index is 12.3. The lowest BCUT2D eigenvalue weighted by Gasteiger charge is -2.50. The van der Waals surface area contributed by atoms with E-state index in [-0.39, 0.29) is 5.41 Å². The van der Waals surface area contributed by atoms with Crippen LogP contribution in [0.1, 0.15) is 65.2 Å². The second-order valence-corrected chi connectivity index (χ2v) is 8.21. The normalized spacial score (nSPS) is 46.2. The van der Waals surface area contributed by atoms with Crippen LogP contribution in [0.3, 0.4) is 0 Å². The van der Waals surface area contributed by atoms with Crippen LogP contribution in [0.5, 0.6) is 0 Å². The fourth-order valence-corrected chi connectivity index (χ4v) is 6.26. The Kier molecular flexibility index (Phi) is 2.96. The van der Waals surface area contributed by atoms with Gasteiger partial charge in [-0.15, -0.1) is 0 Å². The van der Waals surface area contributed by atoms with E-state index in [1.165, 1.54) is 18.4 Å². The van der Waals surface area contributed by atoms with Crippen molar-refractivity contribution in [3.05, 3.63) is 11.1 Å². The molecule has 1 unspecified atom stereocenters. The summed E-state index contributed by atoms with van der Waals surface area (Å²) in [7, 11) is 0. The Labute approximate surface area is 127 Å². The van der Waals surface area contributed by atoms with Crippen LogP contribution in [0.25, 0.3) is 0 Å². The van der Waals surface area contributed by atoms with E-state index in [4.69, 9.17) is 0 Å². The van der Waals surface area contributed by atoms with Gasteiger partial charge in [-0.1, -0.05) is 25.0 Å². The smallest absolute Gasteiger partial charge is 0.139 e. The van der Waals surface area contributed by atoms with Gasteiger partial charge < -0.3 is 0 Å². The predicted octanol–water partition coefficient (Wildman–Crippen LogP) is 4.09. The van der Waals surface area contributed by atoms with E-state index < -0.39 is 0 Å². The lowest BCUT2D eigenvalue weighted by molar-refractivity contribution is -0.129. The first-order valence-electron chi connectivity index (χ1n) is 8.77. The van der Waals surface area contributed by atoms with E-state index in [0.717, 1.165) is 38.5 Å². The van der Waals surface area contributed by atoms with Gasteiger partial charge in [0.05, 0.1) is 0 Å². The molecule has 2 saturated carbocycles. The van der Waals surface area contributed by atoms with Gasteiger partial charge in [-0.2, -0.15) is 0 Å². The summed E-state index contributed by atoms with van der Waals surface area (Å²) < 4.78 is 0. The third-order valence-corrected chi connectivity index (χ3v) is 7.21. The van der Waals surface area contributed by atoms with Crippen LogP contribution in [0, 0.1) is 29.1 Å². The van der Waals surface area contributed by atoms with Crippen LogP contribution < -0.4 is 0 Å². The number of hydrogen-bond donors (Lipinski definition) is 0. The summed E-state index contributed by atoms with van der Waals surface area (Å²) in [6.07, 6.45) is 8.00. The maximum Gasteiger partial charge on any atom is 0.139 e. The van der Waals surface area contributed by atoms with Crippen molar-refractivity contribution in [3.8, 4) is 0 Å². The van der Waals surface area contributed by atoms with Crippen molar-refractivity contribution < 1.29 is 9.59 Å². The average molecular weight is 286 g/mol. The molecule has 2 heteroatoms. The minimum absolute atomic E-state index is 0.0209. The topological polar surface area (TPSA) is 34.1 Å². The molecule has 114 valence electrons. The second kappa shape index (κ2) is 4.54. The van der Waals surface area contributed by atoms with E-state index in [0.29, 0.717) is 35.2 Å². The highest BCUT2D eigenvalue weighted by molar-refractivity contribution is 5.87. The molecule has 0 bridgehead atoms. The van der Waals surface area contributed by atoms with Crippen molar-refractivity contribution in [1.82, 2.24) is 0 Å². The van der Waals surface area contributed by atoms with E-state index >= 15 is 0 Å². The average Bonchev–Trinajstić information content (AvgIpc) is 2.74. The van der Waals surface area contributed by atoms with E-state index in [1.807, 2.05) is 0 Å². The van der Waals surface area contributed by atoms with Gasteiger partial charge >= 0.3 is 0 Å². The molecule has 0 radical (unpaired) electrons. The Morgan fingerprint density at radius 2 is 1.90 bits per heavy atom. The largest absolute Gasteiger partial charge is 0.299 e. The Morgan fingerprint density at radius 3 is 2.71 bits per heavy atom. The van der Waals surface area contributed by atoms with Gasteiger partial charge in [-0.3, -0.25) is 9.59 Å². The molecule has 2 nitrogen and oxygen atoms in total. The number of Topliss-reactive ketones (excluding diaryl/α,β-unsaturated/α-hetero) is 2. The number of carbonyl (C=O) groups is 2. The molecular formula is C19H26O2. The summed E-state index contributed by atoms with van der Waals surface area (Å²) in [6, 6.07) is 0. The summed E-state index contributed by atoms with van der Waals surface area (Å²) in [5.74, 6) is 3.43. The van der Waals surface area contributed by atoms with Gasteiger partial charge in [-0.25, -0.2) is 0 Å². The predicted molar refractivity (Wildman–Crippen MR) is 81.7 cm³/mol. The molecule has 21 heavy (non-hydrogen) atoms. The van der Waals surface area contributed by atoms with Crippen molar-refractivity contribution in [2.75, 3.05) is 0 Å². The summed E-state index contributed by atoms with van der Waals surface area (Å²) in [5.41, 5.74) is 3.10. The highest BCUT2D eigenvalue weighted by Gasteiger charge is 2.55. The third kappa shape index (κ3) is 1.83. The van der Waals surface area contributed by atoms with Gasteiger partial charge in [0.25, 0.3) is 0 Å². The first-order valence-corrected chi connectivity index (χ1v) is 8.77. The molecule has 0 N–H and O–H groups in total. The first kappa shape index (κ1) is 13.7. The molecule has 5 atom stereocenters. The molecule has 0 aromatic heterocycles. The van der Waals surface area contributed by atoms with Gasteiger partial charge in [0.1, 0.15) is 11.6 Å². The van der Waals surface area contributed by atoms with Crippen LogP contribution in [0.2, 0.25) is 0 Å². The SMILES string of the molecule is CC1CC(=O)CC2=C1[C@H]1CC[C@]3(C)C(=O)CC[C@H]3[C@@H]1CC2. The molecule has 0 heterocycles. The van der Waals surface area contributed by atoms with Gasteiger partial charge in [0.2, 0.25) is 0 Å². The van der Waals surface area contributed by atoms with Crippen LogP contribution in [-0.2, 0) is 9.59 Å². The van der Waals surface area contributed by atoms with Crippen molar-refractivity contribution >= 4 is 11.6 Å². The van der Waals surface area contributed by atoms with Crippen molar-refractivity contribution in [3.63, 3.8) is 0 Å². The summed E-state index contributed by atoms with van der Waals surface area (Å²) >= 11 is 0. The molecule has 4 rings (SSSR count). The summed E-state index contributed by atoms with van der Waals surface area (Å²) in [4.78, 5) is 24.2. The lowest BCUT2D eigenvalue weighted by atomic mass is 9.53.